The molecule has 5 nitrogen and oxygen atoms in total. The van der Waals surface area contributed by atoms with Crippen LogP contribution in [0.2, 0.25) is 0 Å². The molecule has 0 aliphatic heterocycles. The zero-order valence-electron chi connectivity index (χ0n) is 12.8. The maximum Gasteiger partial charge on any atom is 0.338 e. The van der Waals surface area contributed by atoms with E-state index >= 15 is 0 Å². The summed E-state index contributed by atoms with van der Waals surface area (Å²) in [4.78, 5) is 23.0. The summed E-state index contributed by atoms with van der Waals surface area (Å²) in [6.45, 7) is 6.29. The smallest absolute Gasteiger partial charge is 0.338 e. The van der Waals surface area contributed by atoms with E-state index in [0.29, 0.717) is 5.56 Å². The zero-order chi connectivity index (χ0) is 15.7. The van der Waals surface area contributed by atoms with E-state index < -0.39 is 5.41 Å². The molecule has 0 fully saturated rings. The van der Waals surface area contributed by atoms with Crippen LogP contribution in [0, 0.1) is 5.41 Å². The first-order valence-electron chi connectivity index (χ1n) is 6.88. The van der Waals surface area contributed by atoms with Crippen molar-refractivity contribution in [3.63, 3.8) is 0 Å². The summed E-state index contributed by atoms with van der Waals surface area (Å²) in [5, 5.41) is 0. The molecule has 0 N–H and O–H groups in total. The van der Waals surface area contributed by atoms with E-state index in [9.17, 15) is 9.59 Å². The van der Waals surface area contributed by atoms with Crippen LogP contribution in [0.3, 0.4) is 0 Å². The molecule has 0 aliphatic carbocycles. The van der Waals surface area contributed by atoms with E-state index in [1.165, 1.54) is 0 Å². The van der Waals surface area contributed by atoms with Crippen LogP contribution in [-0.2, 0) is 19.0 Å². The van der Waals surface area contributed by atoms with Crippen LogP contribution in [0.5, 0.6) is 0 Å². The van der Waals surface area contributed by atoms with Crippen LogP contribution in [0.25, 0.3) is 0 Å². The summed E-state index contributed by atoms with van der Waals surface area (Å²) >= 11 is 0. The fourth-order valence-electron chi connectivity index (χ4n) is 1.36. The normalized spacial score (nSPS) is 11.0. The molecule has 1 aromatic rings. The minimum Gasteiger partial charge on any atom is -0.463 e. The zero-order valence-corrected chi connectivity index (χ0v) is 12.8. The molecule has 0 aromatic heterocycles. The Morgan fingerprint density at radius 2 is 1.48 bits per heavy atom. The van der Waals surface area contributed by atoms with Gasteiger partial charge in [-0.2, -0.15) is 0 Å². The van der Waals surface area contributed by atoms with Crippen molar-refractivity contribution in [2.24, 2.45) is 5.41 Å². The third-order valence-corrected chi connectivity index (χ3v) is 2.54. The number of esters is 2. The molecule has 0 heterocycles. The predicted molar refractivity (Wildman–Crippen MR) is 78.0 cm³/mol. The number of hydrogen-bond acceptors (Lipinski definition) is 5. The third-order valence-electron chi connectivity index (χ3n) is 2.54. The lowest BCUT2D eigenvalue weighted by Gasteiger charge is -2.16. The van der Waals surface area contributed by atoms with E-state index in [1.54, 1.807) is 45.0 Å². The molecule has 0 amide bonds. The fourth-order valence-corrected chi connectivity index (χ4v) is 1.36. The van der Waals surface area contributed by atoms with Gasteiger partial charge in [0, 0.05) is 0 Å². The topological polar surface area (TPSA) is 61.8 Å². The van der Waals surface area contributed by atoms with Gasteiger partial charge < -0.3 is 14.2 Å². The van der Waals surface area contributed by atoms with Gasteiger partial charge in [0.1, 0.15) is 13.2 Å². The Hall–Kier alpha value is -1.88. The summed E-state index contributed by atoms with van der Waals surface area (Å²) in [5.41, 5.74) is 0.00203. The van der Waals surface area contributed by atoms with Crippen molar-refractivity contribution in [3.8, 4) is 0 Å². The van der Waals surface area contributed by atoms with Crippen LogP contribution < -0.4 is 0 Å². The highest BCUT2D eigenvalue weighted by molar-refractivity contribution is 5.89. The molecule has 0 spiro atoms. The fraction of sp³-hybridized carbons (Fsp3) is 0.500. The van der Waals surface area contributed by atoms with Crippen LogP contribution in [0.1, 0.15) is 31.1 Å². The van der Waals surface area contributed by atoms with Gasteiger partial charge in [0.05, 0.1) is 24.2 Å². The second-order valence-electron chi connectivity index (χ2n) is 5.50. The van der Waals surface area contributed by atoms with E-state index in [-0.39, 0.29) is 38.4 Å². The second kappa shape index (κ2) is 8.42. The molecular formula is C16H22O5. The number of carbonyl (C=O) groups excluding carboxylic acids is 2. The molecule has 0 aliphatic rings. The average molecular weight is 294 g/mol. The molecule has 1 aromatic carbocycles. The molecule has 5 heteroatoms. The van der Waals surface area contributed by atoms with Crippen LogP contribution >= 0.6 is 0 Å². The quantitative estimate of drug-likeness (QED) is 0.571. The molecule has 0 bridgehead atoms. The van der Waals surface area contributed by atoms with E-state index in [4.69, 9.17) is 14.2 Å². The molecule has 0 saturated carbocycles. The Bertz CT molecular complexity index is 447. The molecule has 0 radical (unpaired) electrons. The van der Waals surface area contributed by atoms with Gasteiger partial charge in [0.15, 0.2) is 0 Å². The summed E-state index contributed by atoms with van der Waals surface area (Å²) in [5.74, 6) is -0.639. The highest BCUT2D eigenvalue weighted by atomic mass is 16.6. The lowest BCUT2D eigenvalue weighted by molar-refractivity contribution is -0.154. The van der Waals surface area contributed by atoms with Crippen LogP contribution in [0.15, 0.2) is 30.3 Å². The van der Waals surface area contributed by atoms with Crippen molar-refractivity contribution < 1.29 is 23.8 Å². The second-order valence-corrected chi connectivity index (χ2v) is 5.50. The number of carbonyl (C=O) groups is 2. The summed E-state index contributed by atoms with van der Waals surface area (Å²) < 4.78 is 15.3. The number of rotatable bonds is 7. The minimum absolute atomic E-state index is 0.168. The van der Waals surface area contributed by atoms with Crippen molar-refractivity contribution in [2.45, 2.75) is 20.8 Å². The van der Waals surface area contributed by atoms with E-state index in [1.807, 2.05) is 6.07 Å². The SMILES string of the molecule is CC(C)(C)C(=O)OCCOCCOC(=O)c1ccccc1. The van der Waals surface area contributed by atoms with Crippen molar-refractivity contribution in [1.82, 2.24) is 0 Å². The first-order valence-corrected chi connectivity index (χ1v) is 6.88. The van der Waals surface area contributed by atoms with Gasteiger partial charge in [-0.3, -0.25) is 4.79 Å². The predicted octanol–water partition coefficient (Wildman–Crippen LogP) is 2.45. The van der Waals surface area contributed by atoms with Gasteiger partial charge in [-0.15, -0.1) is 0 Å². The first-order chi connectivity index (χ1) is 9.91. The van der Waals surface area contributed by atoms with Gasteiger partial charge in [0.25, 0.3) is 0 Å². The maximum absolute atomic E-state index is 11.6. The lowest BCUT2D eigenvalue weighted by atomic mass is 9.97. The van der Waals surface area contributed by atoms with Gasteiger partial charge in [-0.05, 0) is 32.9 Å². The molecule has 0 atom stereocenters. The molecule has 0 saturated heterocycles. The van der Waals surface area contributed by atoms with Gasteiger partial charge in [0.2, 0.25) is 0 Å². The summed E-state index contributed by atoms with van der Waals surface area (Å²) in [7, 11) is 0. The molecule has 116 valence electrons. The molecular weight excluding hydrogens is 272 g/mol. The monoisotopic (exact) mass is 294 g/mol. The van der Waals surface area contributed by atoms with Crippen molar-refractivity contribution in [3.05, 3.63) is 35.9 Å². The van der Waals surface area contributed by atoms with E-state index in [0.717, 1.165) is 0 Å². The van der Waals surface area contributed by atoms with Gasteiger partial charge in [-0.1, -0.05) is 18.2 Å². The lowest BCUT2D eigenvalue weighted by Crippen LogP contribution is -2.24. The minimum atomic E-state index is -0.509. The number of hydrogen-bond donors (Lipinski definition) is 0. The van der Waals surface area contributed by atoms with Gasteiger partial charge in [-0.25, -0.2) is 4.79 Å². The highest BCUT2D eigenvalue weighted by Gasteiger charge is 2.22. The Labute approximate surface area is 125 Å². The molecule has 0 unspecified atom stereocenters. The molecule has 21 heavy (non-hydrogen) atoms. The Morgan fingerprint density at radius 3 is 2.05 bits per heavy atom. The maximum atomic E-state index is 11.6. The van der Waals surface area contributed by atoms with Crippen molar-refractivity contribution in [1.29, 1.82) is 0 Å². The summed E-state index contributed by atoms with van der Waals surface area (Å²) in [6.07, 6.45) is 0. The van der Waals surface area contributed by atoms with Crippen LogP contribution in [-0.4, -0.2) is 38.4 Å². The number of benzene rings is 1. The van der Waals surface area contributed by atoms with Crippen LogP contribution in [0.4, 0.5) is 0 Å². The number of ether oxygens (including phenoxy) is 3. The largest absolute Gasteiger partial charge is 0.463 e. The van der Waals surface area contributed by atoms with Gasteiger partial charge >= 0.3 is 11.9 Å². The third kappa shape index (κ3) is 6.90. The Morgan fingerprint density at radius 1 is 0.905 bits per heavy atom. The Balaban J connectivity index is 2.05. The summed E-state index contributed by atoms with van der Waals surface area (Å²) in [6, 6.07) is 8.76. The van der Waals surface area contributed by atoms with Crippen molar-refractivity contribution in [2.75, 3.05) is 26.4 Å². The van der Waals surface area contributed by atoms with E-state index in [2.05, 4.69) is 0 Å². The molecule has 1 rings (SSSR count). The average Bonchev–Trinajstić information content (AvgIpc) is 2.45. The van der Waals surface area contributed by atoms with Crippen molar-refractivity contribution >= 4 is 11.9 Å². The Kier molecular flexibility index (Phi) is 6.88. The standard InChI is InChI=1S/C16H22O5/c1-16(2,3)15(18)21-12-10-19-9-11-20-14(17)13-7-5-4-6-8-13/h4-8H,9-12H2,1-3H3. The first kappa shape index (κ1) is 17.2. The highest BCUT2D eigenvalue weighted by Crippen LogP contribution is 2.14.